The van der Waals surface area contributed by atoms with Gasteiger partial charge in [-0.15, -0.1) is 0 Å². The van der Waals surface area contributed by atoms with E-state index in [0.29, 0.717) is 11.4 Å². The fourth-order valence-electron chi connectivity index (χ4n) is 4.20. The highest BCUT2D eigenvalue weighted by molar-refractivity contribution is 5.74. The van der Waals surface area contributed by atoms with Gasteiger partial charge in [0.2, 0.25) is 5.95 Å². The number of anilines is 2. The van der Waals surface area contributed by atoms with Gasteiger partial charge in [-0.05, 0) is 62.9 Å². The number of nitrogens with zero attached hydrogens (tertiary/aromatic N) is 4. The zero-order chi connectivity index (χ0) is 25.6. The van der Waals surface area contributed by atoms with Crippen molar-refractivity contribution in [3.05, 3.63) is 59.9 Å². The number of nitrogens with one attached hydrogen (secondary N) is 1. The van der Waals surface area contributed by atoms with E-state index >= 15 is 0 Å². The Kier molecular flexibility index (Phi) is 6.05. The van der Waals surface area contributed by atoms with Crippen molar-refractivity contribution in [3.8, 4) is 5.69 Å². The number of carboxylic acid groups (broad SMARTS) is 1. The molecule has 0 amide bonds. The standard InChI is InChI=1S/C23H24F3N5O4/c1-13-7-14(29-20-27-6-3-16(30-20)23(24,25)26)9-15(8-13)31-11-17(28-12-31)22(35)5-4-21(2,19(33)34)10-18(22)32/h3,6-9,11-12,18,32,35H,4-5,10H2,1-2H3,(H,33,34)(H,27,29,30)/t18-,21+,22-/m0/s1. The second kappa shape index (κ2) is 8.61. The van der Waals surface area contributed by atoms with Crippen LogP contribution in [0, 0.1) is 12.3 Å². The number of aliphatic hydroxyl groups excluding tert-OH is 1. The minimum absolute atomic E-state index is 0.0154. The van der Waals surface area contributed by atoms with E-state index in [0.717, 1.165) is 17.8 Å². The quantitative estimate of drug-likeness (QED) is 0.426. The summed E-state index contributed by atoms with van der Waals surface area (Å²) < 4.78 is 40.5. The van der Waals surface area contributed by atoms with Crippen molar-refractivity contribution in [1.29, 1.82) is 0 Å². The molecule has 1 fully saturated rings. The fourth-order valence-corrected chi connectivity index (χ4v) is 4.20. The predicted octanol–water partition coefficient (Wildman–Crippen LogP) is 3.56. The Bertz CT molecular complexity index is 1260. The van der Waals surface area contributed by atoms with E-state index in [-0.39, 0.29) is 30.9 Å². The van der Waals surface area contributed by atoms with Crippen LogP contribution in [0.15, 0.2) is 43.0 Å². The topological polar surface area (TPSA) is 133 Å². The van der Waals surface area contributed by atoms with Gasteiger partial charge >= 0.3 is 12.1 Å². The molecule has 1 aromatic carbocycles. The van der Waals surface area contributed by atoms with E-state index < -0.39 is 35.0 Å². The van der Waals surface area contributed by atoms with Crippen LogP contribution in [0.4, 0.5) is 24.8 Å². The first kappa shape index (κ1) is 24.6. The average molecular weight is 491 g/mol. The van der Waals surface area contributed by atoms with E-state index in [1.807, 2.05) is 0 Å². The molecule has 1 aliphatic carbocycles. The summed E-state index contributed by atoms with van der Waals surface area (Å²) in [6.07, 6.45) is -1.89. The summed E-state index contributed by atoms with van der Waals surface area (Å²) in [5.74, 6) is -1.25. The van der Waals surface area contributed by atoms with E-state index in [1.54, 1.807) is 29.7 Å². The first-order valence-electron chi connectivity index (χ1n) is 10.8. The van der Waals surface area contributed by atoms with Gasteiger partial charge < -0.3 is 25.2 Å². The summed E-state index contributed by atoms with van der Waals surface area (Å²) >= 11 is 0. The van der Waals surface area contributed by atoms with Crippen molar-refractivity contribution in [2.75, 3.05) is 5.32 Å². The van der Waals surface area contributed by atoms with Crippen molar-refractivity contribution in [3.63, 3.8) is 0 Å². The molecule has 4 N–H and O–H groups in total. The third-order valence-corrected chi connectivity index (χ3v) is 6.36. The fraction of sp³-hybridized carbons (Fsp3) is 0.391. The van der Waals surface area contributed by atoms with Crippen LogP contribution in [0.2, 0.25) is 0 Å². The van der Waals surface area contributed by atoms with Gasteiger partial charge in [0.1, 0.15) is 11.3 Å². The predicted molar refractivity (Wildman–Crippen MR) is 118 cm³/mol. The molecule has 0 radical (unpaired) electrons. The van der Waals surface area contributed by atoms with Crippen molar-refractivity contribution in [2.45, 2.75) is 51.0 Å². The molecule has 3 atom stereocenters. The Hall–Kier alpha value is -3.51. The molecule has 0 spiro atoms. The maximum atomic E-state index is 13.0. The highest BCUT2D eigenvalue weighted by Crippen LogP contribution is 2.45. The summed E-state index contributed by atoms with van der Waals surface area (Å²) in [6, 6.07) is 5.93. The molecule has 0 saturated heterocycles. The normalized spacial score (nSPS) is 24.8. The molecular weight excluding hydrogens is 467 g/mol. The van der Waals surface area contributed by atoms with Crippen LogP contribution < -0.4 is 5.32 Å². The Balaban J connectivity index is 1.59. The number of aliphatic hydroxyl groups is 2. The molecule has 12 heteroatoms. The first-order chi connectivity index (χ1) is 16.3. The van der Waals surface area contributed by atoms with Gasteiger partial charge in [0, 0.05) is 23.8 Å². The van der Waals surface area contributed by atoms with Crippen molar-refractivity contribution in [2.24, 2.45) is 5.41 Å². The van der Waals surface area contributed by atoms with Gasteiger partial charge in [-0.2, -0.15) is 13.2 Å². The Morgan fingerprint density at radius 1 is 1.23 bits per heavy atom. The van der Waals surface area contributed by atoms with Gasteiger partial charge in [-0.3, -0.25) is 4.79 Å². The first-order valence-corrected chi connectivity index (χ1v) is 10.8. The molecule has 0 unspecified atom stereocenters. The molecule has 35 heavy (non-hydrogen) atoms. The van der Waals surface area contributed by atoms with Gasteiger partial charge in [-0.1, -0.05) is 0 Å². The number of alkyl halides is 3. The van der Waals surface area contributed by atoms with Crippen LogP contribution in [-0.4, -0.2) is 46.9 Å². The van der Waals surface area contributed by atoms with Crippen molar-refractivity contribution in [1.82, 2.24) is 19.5 Å². The molecule has 2 heterocycles. The second-order valence-corrected chi connectivity index (χ2v) is 9.12. The summed E-state index contributed by atoms with van der Waals surface area (Å²) in [6.45, 7) is 3.33. The third kappa shape index (κ3) is 4.84. The number of hydrogen-bond acceptors (Lipinski definition) is 7. The highest BCUT2D eigenvalue weighted by Gasteiger charge is 2.51. The van der Waals surface area contributed by atoms with Crippen molar-refractivity contribution >= 4 is 17.6 Å². The zero-order valence-electron chi connectivity index (χ0n) is 18.9. The minimum atomic E-state index is -4.60. The van der Waals surface area contributed by atoms with E-state index in [2.05, 4.69) is 20.3 Å². The average Bonchev–Trinajstić information content (AvgIpc) is 3.27. The summed E-state index contributed by atoms with van der Waals surface area (Å²) in [4.78, 5) is 23.1. The number of carboxylic acids is 1. The lowest BCUT2D eigenvalue weighted by atomic mass is 9.67. The number of benzene rings is 1. The minimum Gasteiger partial charge on any atom is -0.481 e. The highest BCUT2D eigenvalue weighted by atomic mass is 19.4. The largest absolute Gasteiger partial charge is 0.481 e. The van der Waals surface area contributed by atoms with Crippen LogP contribution in [0.3, 0.4) is 0 Å². The maximum absolute atomic E-state index is 13.0. The zero-order valence-corrected chi connectivity index (χ0v) is 18.9. The van der Waals surface area contributed by atoms with Gasteiger partial charge in [0.15, 0.2) is 0 Å². The molecule has 2 aromatic heterocycles. The van der Waals surface area contributed by atoms with Crippen molar-refractivity contribution < 1.29 is 33.3 Å². The Morgan fingerprint density at radius 2 is 1.97 bits per heavy atom. The lowest BCUT2D eigenvalue weighted by Gasteiger charge is -2.42. The molecule has 1 saturated carbocycles. The molecule has 186 valence electrons. The van der Waals surface area contributed by atoms with Crippen LogP contribution >= 0.6 is 0 Å². The Labute approximate surface area is 198 Å². The SMILES string of the molecule is Cc1cc(Nc2nccc(C(F)(F)F)n2)cc(-n2cnc([C@@]3(O)CC[C@@](C)(C(=O)O)C[C@@H]3O)c2)c1. The molecule has 9 nitrogen and oxygen atoms in total. The maximum Gasteiger partial charge on any atom is 0.433 e. The Morgan fingerprint density at radius 3 is 2.63 bits per heavy atom. The number of aromatic nitrogens is 4. The van der Waals surface area contributed by atoms with E-state index in [1.165, 1.54) is 19.4 Å². The second-order valence-electron chi connectivity index (χ2n) is 9.12. The van der Waals surface area contributed by atoms with Crippen LogP contribution in [0.5, 0.6) is 0 Å². The molecule has 1 aliphatic rings. The smallest absolute Gasteiger partial charge is 0.433 e. The van der Waals surface area contributed by atoms with E-state index in [4.69, 9.17) is 0 Å². The number of imidazole rings is 1. The number of carbonyl (C=O) groups is 1. The van der Waals surface area contributed by atoms with Gasteiger partial charge in [-0.25, -0.2) is 15.0 Å². The molecule has 0 aliphatic heterocycles. The summed E-state index contributed by atoms with van der Waals surface area (Å²) in [7, 11) is 0. The number of halogens is 3. The van der Waals surface area contributed by atoms with Crippen LogP contribution in [0.25, 0.3) is 5.69 Å². The van der Waals surface area contributed by atoms with Crippen LogP contribution in [-0.2, 0) is 16.6 Å². The summed E-state index contributed by atoms with van der Waals surface area (Å²) in [5, 5.41) is 34.0. The lowest BCUT2D eigenvalue weighted by Crippen LogP contribution is -2.50. The molecular formula is C23H24F3N5O4. The number of aliphatic carboxylic acids is 1. The van der Waals surface area contributed by atoms with E-state index in [9.17, 15) is 33.3 Å². The molecule has 4 rings (SSSR count). The monoisotopic (exact) mass is 491 g/mol. The van der Waals surface area contributed by atoms with Gasteiger partial charge in [0.25, 0.3) is 0 Å². The third-order valence-electron chi connectivity index (χ3n) is 6.36. The lowest BCUT2D eigenvalue weighted by molar-refractivity contribution is -0.169. The van der Waals surface area contributed by atoms with Gasteiger partial charge in [0.05, 0.1) is 23.5 Å². The molecule has 0 bridgehead atoms. The molecule has 3 aromatic rings. The number of aryl methyl sites for hydroxylation is 1. The number of hydrogen-bond donors (Lipinski definition) is 4. The summed E-state index contributed by atoms with van der Waals surface area (Å²) in [5.41, 5.74) is -1.94. The van der Waals surface area contributed by atoms with Crippen LogP contribution in [0.1, 0.15) is 43.1 Å². The number of rotatable bonds is 5.